The van der Waals surface area contributed by atoms with E-state index in [0.717, 1.165) is 11.6 Å². The lowest BCUT2D eigenvalue weighted by molar-refractivity contribution is 0.281. The van der Waals surface area contributed by atoms with Gasteiger partial charge in [0.25, 0.3) is 0 Å². The van der Waals surface area contributed by atoms with E-state index in [2.05, 4.69) is 5.32 Å². The van der Waals surface area contributed by atoms with Gasteiger partial charge in [-0.25, -0.2) is 13.2 Å². The summed E-state index contributed by atoms with van der Waals surface area (Å²) in [6.45, 7) is 2.38. The van der Waals surface area contributed by atoms with E-state index in [1.165, 1.54) is 51.0 Å². The van der Waals surface area contributed by atoms with Crippen LogP contribution in [0.3, 0.4) is 0 Å². The fourth-order valence-corrected chi connectivity index (χ4v) is 4.29. The molecule has 3 aromatic carbocycles. The van der Waals surface area contributed by atoms with Crippen molar-refractivity contribution in [3.05, 3.63) is 92.5 Å². The van der Waals surface area contributed by atoms with Gasteiger partial charge in [-0.3, -0.25) is 4.79 Å². The van der Waals surface area contributed by atoms with Crippen molar-refractivity contribution in [1.82, 2.24) is 4.57 Å². The van der Waals surface area contributed by atoms with E-state index in [4.69, 9.17) is 9.47 Å². The van der Waals surface area contributed by atoms with Gasteiger partial charge in [0.15, 0.2) is 17.1 Å². The van der Waals surface area contributed by atoms with E-state index in [0.29, 0.717) is 17.2 Å². The molecule has 0 saturated heterocycles. The monoisotopic (exact) mass is 498 g/mol. The number of anilines is 1. The van der Waals surface area contributed by atoms with E-state index in [1.807, 2.05) is 0 Å². The molecule has 0 aliphatic heterocycles. The maximum absolute atomic E-state index is 15.0. The molecule has 0 radical (unpaired) electrons. The van der Waals surface area contributed by atoms with Crippen LogP contribution in [0.1, 0.15) is 22.3 Å². The van der Waals surface area contributed by atoms with Gasteiger partial charge in [-0.15, -0.1) is 0 Å². The van der Waals surface area contributed by atoms with Gasteiger partial charge in [0, 0.05) is 47.1 Å². The maximum atomic E-state index is 15.0. The Balaban J connectivity index is 1.86. The van der Waals surface area contributed by atoms with Crippen molar-refractivity contribution in [1.29, 1.82) is 0 Å². The highest BCUT2D eigenvalue weighted by Gasteiger charge is 2.21. The predicted molar refractivity (Wildman–Crippen MR) is 132 cm³/mol. The lowest BCUT2D eigenvalue weighted by Gasteiger charge is -2.20. The van der Waals surface area contributed by atoms with E-state index in [-0.39, 0.29) is 39.8 Å². The molecule has 36 heavy (non-hydrogen) atoms. The molecule has 0 saturated carbocycles. The standard InChI is InChI=1S/C27H25F3N2O4/c1-14-24-22(34)7-8-32(27(24)15(2)26(30)25(14)29)21-11-20(19(28)9-17(21)13-33)31-12-16-5-6-18(35-3)10-23(16)36-4/h5-11,31,33H,12-13H2,1-4H3. The van der Waals surface area contributed by atoms with Gasteiger partial charge in [-0.05, 0) is 38.1 Å². The number of pyridine rings is 1. The largest absolute Gasteiger partial charge is 0.497 e. The Morgan fingerprint density at radius 3 is 2.33 bits per heavy atom. The third-order valence-corrected chi connectivity index (χ3v) is 6.24. The molecule has 4 rings (SSSR count). The van der Waals surface area contributed by atoms with E-state index >= 15 is 0 Å². The summed E-state index contributed by atoms with van der Waals surface area (Å²) in [5, 5.41) is 13.0. The molecule has 0 amide bonds. The maximum Gasteiger partial charge on any atom is 0.189 e. The summed E-state index contributed by atoms with van der Waals surface area (Å²) >= 11 is 0. The summed E-state index contributed by atoms with van der Waals surface area (Å²) in [6, 6.07) is 9.09. The number of aliphatic hydroxyl groups excluding tert-OH is 1. The van der Waals surface area contributed by atoms with Gasteiger partial charge in [0.05, 0.1) is 43.1 Å². The molecule has 1 heterocycles. The number of aromatic nitrogens is 1. The van der Waals surface area contributed by atoms with Crippen LogP contribution in [0.2, 0.25) is 0 Å². The third-order valence-electron chi connectivity index (χ3n) is 6.24. The molecule has 9 heteroatoms. The molecule has 0 aliphatic rings. The van der Waals surface area contributed by atoms with Crippen molar-refractivity contribution in [3.8, 4) is 17.2 Å². The lowest BCUT2D eigenvalue weighted by Crippen LogP contribution is -2.14. The van der Waals surface area contributed by atoms with Gasteiger partial charge < -0.3 is 24.5 Å². The van der Waals surface area contributed by atoms with E-state index in [9.17, 15) is 23.1 Å². The number of rotatable bonds is 7. The molecule has 4 aromatic rings. The minimum absolute atomic E-state index is 0.0135. The van der Waals surface area contributed by atoms with Crippen LogP contribution in [0, 0.1) is 31.3 Å². The van der Waals surface area contributed by atoms with E-state index < -0.39 is 29.5 Å². The first kappa shape index (κ1) is 25.1. The molecule has 0 fully saturated rings. The average Bonchev–Trinajstić information content (AvgIpc) is 2.89. The van der Waals surface area contributed by atoms with Crippen molar-refractivity contribution in [2.24, 2.45) is 0 Å². The van der Waals surface area contributed by atoms with Crippen LogP contribution in [0.25, 0.3) is 16.6 Å². The van der Waals surface area contributed by atoms with Crippen molar-refractivity contribution in [3.63, 3.8) is 0 Å². The molecule has 188 valence electrons. The van der Waals surface area contributed by atoms with Crippen LogP contribution in [0.15, 0.2) is 47.4 Å². The van der Waals surface area contributed by atoms with E-state index in [1.54, 1.807) is 18.2 Å². The van der Waals surface area contributed by atoms with Crippen LogP contribution >= 0.6 is 0 Å². The second kappa shape index (κ2) is 9.94. The third kappa shape index (κ3) is 4.26. The Labute approximate surface area is 205 Å². The summed E-state index contributed by atoms with van der Waals surface area (Å²) in [6.07, 6.45) is 1.40. The number of benzene rings is 3. The Hall–Kier alpha value is -3.98. The van der Waals surface area contributed by atoms with Gasteiger partial charge in [-0.1, -0.05) is 0 Å². The van der Waals surface area contributed by atoms with Crippen molar-refractivity contribution >= 4 is 16.6 Å². The van der Waals surface area contributed by atoms with Crippen molar-refractivity contribution < 1.29 is 27.8 Å². The topological polar surface area (TPSA) is 72.7 Å². The summed E-state index contributed by atoms with van der Waals surface area (Å²) in [5.41, 5.74) is 0.823. The number of aliphatic hydroxyl groups is 1. The number of aryl methyl sites for hydroxylation is 2. The van der Waals surface area contributed by atoms with Gasteiger partial charge in [0.1, 0.15) is 17.3 Å². The Kier molecular flexibility index (Phi) is 6.94. The van der Waals surface area contributed by atoms with Crippen LogP contribution in [-0.4, -0.2) is 23.9 Å². The smallest absolute Gasteiger partial charge is 0.189 e. The summed E-state index contributed by atoms with van der Waals surface area (Å²) in [4.78, 5) is 12.6. The van der Waals surface area contributed by atoms with Crippen molar-refractivity contribution in [2.45, 2.75) is 27.0 Å². The minimum Gasteiger partial charge on any atom is -0.497 e. The number of nitrogens with zero attached hydrogens (tertiary/aromatic N) is 1. The zero-order chi connectivity index (χ0) is 26.1. The molecular formula is C27H25F3N2O4. The molecule has 0 bridgehead atoms. The molecule has 6 nitrogen and oxygen atoms in total. The Morgan fingerprint density at radius 1 is 0.944 bits per heavy atom. The van der Waals surface area contributed by atoms with Crippen molar-refractivity contribution in [2.75, 3.05) is 19.5 Å². The summed E-state index contributed by atoms with van der Waals surface area (Å²) < 4.78 is 56.1. The quantitative estimate of drug-likeness (QED) is 0.369. The fourth-order valence-electron chi connectivity index (χ4n) is 4.29. The Morgan fingerprint density at radius 2 is 1.67 bits per heavy atom. The summed E-state index contributed by atoms with van der Waals surface area (Å²) in [5.74, 6) is -1.63. The lowest BCUT2D eigenvalue weighted by atomic mass is 10.0. The zero-order valence-corrected chi connectivity index (χ0v) is 20.2. The molecule has 2 N–H and O–H groups in total. The number of nitrogens with one attached hydrogen (secondary N) is 1. The first-order valence-electron chi connectivity index (χ1n) is 11.1. The number of hydrogen-bond acceptors (Lipinski definition) is 5. The van der Waals surface area contributed by atoms with Crippen LogP contribution < -0.4 is 20.2 Å². The highest BCUT2D eigenvalue weighted by atomic mass is 19.2. The van der Waals surface area contributed by atoms with Crippen LogP contribution in [-0.2, 0) is 13.2 Å². The Bertz CT molecular complexity index is 1530. The normalized spacial score (nSPS) is 11.1. The molecular weight excluding hydrogens is 473 g/mol. The second-order valence-corrected chi connectivity index (χ2v) is 8.30. The summed E-state index contributed by atoms with van der Waals surface area (Å²) in [7, 11) is 3.05. The second-order valence-electron chi connectivity index (χ2n) is 8.30. The number of fused-ring (bicyclic) bond motifs is 1. The minimum atomic E-state index is -1.09. The number of halogens is 3. The predicted octanol–water partition coefficient (Wildman–Crippen LogP) is 5.15. The zero-order valence-electron chi connectivity index (χ0n) is 20.2. The molecule has 1 aromatic heterocycles. The van der Waals surface area contributed by atoms with Gasteiger partial charge in [-0.2, -0.15) is 0 Å². The SMILES string of the molecule is COc1ccc(CNc2cc(-n3ccc(=O)c4c(C)c(F)c(F)c(C)c43)c(CO)cc2F)c(OC)c1. The van der Waals surface area contributed by atoms with Gasteiger partial charge in [0.2, 0.25) is 0 Å². The highest BCUT2D eigenvalue weighted by molar-refractivity contribution is 5.87. The average molecular weight is 499 g/mol. The van der Waals surface area contributed by atoms with Crippen LogP contribution in [0.5, 0.6) is 11.5 Å². The first-order valence-corrected chi connectivity index (χ1v) is 11.1. The number of hydrogen-bond donors (Lipinski definition) is 2. The molecule has 0 unspecified atom stereocenters. The number of ether oxygens (including phenoxy) is 2. The molecule has 0 aliphatic carbocycles. The highest BCUT2D eigenvalue weighted by Crippen LogP contribution is 2.32. The molecule has 0 atom stereocenters. The van der Waals surface area contributed by atoms with Crippen LogP contribution in [0.4, 0.5) is 18.9 Å². The van der Waals surface area contributed by atoms with Gasteiger partial charge >= 0.3 is 0 Å². The number of methoxy groups -OCH3 is 2. The molecule has 0 spiro atoms. The fraction of sp³-hybridized carbons (Fsp3) is 0.222. The first-order chi connectivity index (χ1) is 17.2.